The van der Waals surface area contributed by atoms with Crippen LogP contribution in [-0.4, -0.2) is 59.3 Å². The first-order valence-electron chi connectivity index (χ1n) is 10.4. The van der Waals surface area contributed by atoms with E-state index in [0.717, 1.165) is 57.3 Å². The summed E-state index contributed by atoms with van der Waals surface area (Å²) < 4.78 is 5.84. The van der Waals surface area contributed by atoms with Crippen LogP contribution < -0.4 is 4.74 Å². The van der Waals surface area contributed by atoms with Crippen LogP contribution in [0.5, 0.6) is 5.75 Å². The molecule has 0 radical (unpaired) electrons. The fourth-order valence-electron chi connectivity index (χ4n) is 3.89. The minimum atomic E-state index is 0.739. The number of nitrogens with one attached hydrogen (secondary N) is 1. The quantitative estimate of drug-likeness (QED) is 0.665. The third-order valence-corrected chi connectivity index (χ3v) is 5.66. The fourth-order valence-corrected chi connectivity index (χ4v) is 3.89. The van der Waals surface area contributed by atoms with Crippen molar-refractivity contribution >= 4 is 0 Å². The minimum Gasteiger partial charge on any atom is -0.492 e. The van der Waals surface area contributed by atoms with Gasteiger partial charge in [-0.05, 0) is 37.6 Å². The zero-order valence-electron chi connectivity index (χ0n) is 17.4. The van der Waals surface area contributed by atoms with E-state index in [2.05, 4.69) is 52.0 Å². The Balaban J connectivity index is 1.28. The zero-order chi connectivity index (χ0) is 20.1. The summed E-state index contributed by atoms with van der Waals surface area (Å²) >= 11 is 0. The number of rotatable bonds is 7. The average molecular weight is 391 g/mol. The Labute approximate surface area is 173 Å². The molecule has 0 saturated carbocycles. The molecule has 29 heavy (non-hydrogen) atoms. The summed E-state index contributed by atoms with van der Waals surface area (Å²) in [7, 11) is 0. The van der Waals surface area contributed by atoms with Crippen molar-refractivity contribution in [1.29, 1.82) is 0 Å². The lowest BCUT2D eigenvalue weighted by Gasteiger charge is -2.34. The third-order valence-electron chi connectivity index (χ3n) is 5.66. The van der Waals surface area contributed by atoms with Crippen molar-refractivity contribution in [1.82, 2.24) is 20.0 Å². The van der Waals surface area contributed by atoms with Crippen molar-refractivity contribution in [2.24, 2.45) is 0 Å². The number of nitrogens with zero attached hydrogens (tertiary/aromatic N) is 3. The molecule has 0 spiro atoms. The Morgan fingerprint density at radius 2 is 1.72 bits per heavy atom. The van der Waals surface area contributed by atoms with Crippen LogP contribution in [0.1, 0.15) is 16.7 Å². The van der Waals surface area contributed by atoms with Gasteiger partial charge >= 0.3 is 0 Å². The van der Waals surface area contributed by atoms with E-state index in [-0.39, 0.29) is 0 Å². The van der Waals surface area contributed by atoms with Gasteiger partial charge in [-0.2, -0.15) is 5.10 Å². The normalized spacial score (nSPS) is 15.5. The standard InChI is InChI=1S/C24H30N4O/c1-19-8-9-20(2)23(16-19)24-21(17-25-26-24)18-28-12-10-27(11-13-28)14-15-29-22-6-4-3-5-7-22/h3-9,16-17H,10-15,18H2,1-2H3,(H,25,26). The van der Waals surface area contributed by atoms with Crippen LogP contribution in [0.15, 0.2) is 54.7 Å². The number of aryl methyl sites for hydroxylation is 2. The smallest absolute Gasteiger partial charge is 0.119 e. The third kappa shape index (κ3) is 5.05. The van der Waals surface area contributed by atoms with E-state index in [9.17, 15) is 0 Å². The van der Waals surface area contributed by atoms with Crippen LogP contribution in [0, 0.1) is 13.8 Å². The van der Waals surface area contributed by atoms with Gasteiger partial charge in [0, 0.05) is 50.4 Å². The molecule has 5 heteroatoms. The minimum absolute atomic E-state index is 0.739. The van der Waals surface area contributed by atoms with Gasteiger partial charge in [0.05, 0.1) is 11.9 Å². The zero-order valence-corrected chi connectivity index (χ0v) is 17.4. The first kappa shape index (κ1) is 19.7. The van der Waals surface area contributed by atoms with E-state index in [1.54, 1.807) is 0 Å². The van der Waals surface area contributed by atoms with Gasteiger partial charge in [0.15, 0.2) is 0 Å². The van der Waals surface area contributed by atoms with Crippen molar-refractivity contribution in [3.63, 3.8) is 0 Å². The van der Waals surface area contributed by atoms with E-state index in [0.29, 0.717) is 0 Å². The van der Waals surface area contributed by atoms with Crippen molar-refractivity contribution in [3.05, 3.63) is 71.4 Å². The van der Waals surface area contributed by atoms with Crippen LogP contribution in [0.25, 0.3) is 11.3 Å². The molecule has 1 fully saturated rings. The summed E-state index contributed by atoms with van der Waals surface area (Å²) in [6.45, 7) is 11.3. The molecule has 0 atom stereocenters. The lowest BCUT2D eigenvalue weighted by molar-refractivity contribution is 0.112. The van der Waals surface area contributed by atoms with Crippen molar-refractivity contribution in [2.45, 2.75) is 20.4 Å². The molecule has 1 aliphatic heterocycles. The Bertz CT molecular complexity index is 914. The number of para-hydroxylation sites is 1. The van der Waals surface area contributed by atoms with Crippen molar-refractivity contribution in [2.75, 3.05) is 39.3 Å². The number of H-pyrrole nitrogens is 1. The molecule has 2 heterocycles. The van der Waals surface area contributed by atoms with Gasteiger partial charge < -0.3 is 4.74 Å². The lowest BCUT2D eigenvalue weighted by Crippen LogP contribution is -2.47. The topological polar surface area (TPSA) is 44.4 Å². The molecule has 0 unspecified atom stereocenters. The molecule has 3 aromatic rings. The number of aromatic nitrogens is 2. The number of piperazine rings is 1. The highest BCUT2D eigenvalue weighted by Crippen LogP contribution is 2.27. The Morgan fingerprint density at radius 1 is 0.966 bits per heavy atom. The summed E-state index contributed by atoms with van der Waals surface area (Å²) in [6.07, 6.45) is 1.98. The molecule has 0 bridgehead atoms. The highest BCUT2D eigenvalue weighted by Gasteiger charge is 2.19. The molecule has 1 aromatic heterocycles. The largest absolute Gasteiger partial charge is 0.492 e. The van der Waals surface area contributed by atoms with Crippen molar-refractivity contribution < 1.29 is 4.74 Å². The number of aromatic amines is 1. The predicted molar refractivity (Wildman–Crippen MR) is 117 cm³/mol. The number of hydrogen-bond acceptors (Lipinski definition) is 4. The molecule has 4 rings (SSSR count). The van der Waals surface area contributed by atoms with Gasteiger partial charge in [-0.15, -0.1) is 0 Å². The summed E-state index contributed by atoms with van der Waals surface area (Å²) in [5.41, 5.74) is 6.25. The van der Waals surface area contributed by atoms with Crippen LogP contribution >= 0.6 is 0 Å². The van der Waals surface area contributed by atoms with Crippen LogP contribution in [0.4, 0.5) is 0 Å². The first-order chi connectivity index (χ1) is 14.2. The Hall–Kier alpha value is -2.63. The van der Waals surface area contributed by atoms with Crippen LogP contribution in [0.3, 0.4) is 0 Å². The lowest BCUT2D eigenvalue weighted by atomic mass is 10.00. The van der Waals surface area contributed by atoms with E-state index >= 15 is 0 Å². The SMILES string of the molecule is Cc1ccc(C)c(-c2[nH]ncc2CN2CCN(CCOc3ccccc3)CC2)c1. The second-order valence-corrected chi connectivity index (χ2v) is 7.87. The van der Waals surface area contributed by atoms with E-state index < -0.39 is 0 Å². The number of ether oxygens (including phenoxy) is 1. The van der Waals surface area contributed by atoms with Gasteiger partial charge in [-0.1, -0.05) is 35.9 Å². The molecule has 5 nitrogen and oxygen atoms in total. The summed E-state index contributed by atoms with van der Waals surface area (Å²) in [5, 5.41) is 7.57. The summed E-state index contributed by atoms with van der Waals surface area (Å²) in [6, 6.07) is 16.6. The second-order valence-electron chi connectivity index (χ2n) is 7.87. The molecule has 0 aliphatic carbocycles. The number of benzene rings is 2. The van der Waals surface area contributed by atoms with E-state index in [4.69, 9.17) is 4.74 Å². The van der Waals surface area contributed by atoms with E-state index in [1.165, 1.54) is 22.3 Å². The van der Waals surface area contributed by atoms with Gasteiger partial charge in [0.25, 0.3) is 0 Å². The van der Waals surface area contributed by atoms with Crippen LogP contribution in [-0.2, 0) is 6.54 Å². The molecular formula is C24H30N4O. The monoisotopic (exact) mass is 390 g/mol. The highest BCUT2D eigenvalue weighted by atomic mass is 16.5. The van der Waals surface area contributed by atoms with Gasteiger partial charge in [0.2, 0.25) is 0 Å². The molecule has 1 N–H and O–H groups in total. The van der Waals surface area contributed by atoms with Gasteiger partial charge in [0.1, 0.15) is 12.4 Å². The van der Waals surface area contributed by atoms with Gasteiger partial charge in [-0.3, -0.25) is 14.9 Å². The van der Waals surface area contributed by atoms with Crippen LogP contribution in [0.2, 0.25) is 0 Å². The predicted octanol–water partition coefficient (Wildman–Crippen LogP) is 3.89. The van der Waals surface area contributed by atoms with Crippen molar-refractivity contribution in [3.8, 4) is 17.0 Å². The van der Waals surface area contributed by atoms with E-state index in [1.807, 2.05) is 36.5 Å². The maximum atomic E-state index is 5.84. The fraction of sp³-hybridized carbons (Fsp3) is 0.375. The molecular weight excluding hydrogens is 360 g/mol. The second kappa shape index (κ2) is 9.25. The number of hydrogen-bond donors (Lipinski definition) is 1. The molecule has 2 aromatic carbocycles. The molecule has 152 valence electrons. The molecule has 0 amide bonds. The maximum Gasteiger partial charge on any atom is 0.119 e. The Kier molecular flexibility index (Phi) is 6.27. The summed E-state index contributed by atoms with van der Waals surface area (Å²) in [4.78, 5) is 5.01. The highest BCUT2D eigenvalue weighted by molar-refractivity contribution is 5.67. The summed E-state index contributed by atoms with van der Waals surface area (Å²) in [5.74, 6) is 0.949. The maximum absolute atomic E-state index is 5.84. The molecule has 1 aliphatic rings. The first-order valence-corrected chi connectivity index (χ1v) is 10.4. The van der Waals surface area contributed by atoms with Gasteiger partial charge in [-0.25, -0.2) is 0 Å². The molecule has 1 saturated heterocycles. The average Bonchev–Trinajstić information content (AvgIpc) is 3.20. The Morgan fingerprint density at radius 3 is 2.52 bits per heavy atom.